The molecule has 6 aromatic carbocycles. The third-order valence-electron chi connectivity index (χ3n) is 7.36. The quantitative estimate of drug-likeness (QED) is 0.174. The van der Waals surface area contributed by atoms with Crippen LogP contribution in [-0.4, -0.2) is 11.7 Å². The number of methoxy groups -OCH3 is 1. The number of nitrogens with zero attached hydrogens (tertiary/aromatic N) is 1. The molecule has 0 fully saturated rings. The van der Waals surface area contributed by atoms with E-state index in [4.69, 9.17) is 9.47 Å². The summed E-state index contributed by atoms with van der Waals surface area (Å²) in [5.74, 6) is 2.45. The second-order valence-electron chi connectivity index (χ2n) is 9.78. The van der Waals surface area contributed by atoms with E-state index in [-0.39, 0.29) is 5.43 Å². The first-order valence-electron chi connectivity index (χ1n) is 12.9. The highest BCUT2D eigenvalue weighted by Crippen LogP contribution is 2.35. The first kappa shape index (κ1) is 23.1. The number of fused-ring (bicyclic) bond motifs is 5. The largest absolute Gasteiger partial charge is 0.497 e. The molecular formula is C35H25NO3. The highest BCUT2D eigenvalue weighted by atomic mass is 16.5. The Labute approximate surface area is 225 Å². The SMILES string of the molecule is COc1ccc(Cn2ccc(=O)c3c4cc5cc6cccc(Oc7ccccc7)c6cc5cc4ccc32)cc1. The fraction of sp³-hybridized carbons (Fsp3) is 0.0571. The molecule has 0 atom stereocenters. The van der Waals surface area contributed by atoms with E-state index in [2.05, 4.69) is 59.2 Å². The number of para-hydroxylation sites is 1. The molecule has 0 unspecified atom stereocenters. The van der Waals surface area contributed by atoms with E-state index < -0.39 is 0 Å². The molecule has 0 bridgehead atoms. The van der Waals surface area contributed by atoms with Gasteiger partial charge in [0.25, 0.3) is 0 Å². The van der Waals surface area contributed by atoms with Crippen molar-refractivity contribution in [2.45, 2.75) is 6.54 Å². The van der Waals surface area contributed by atoms with Crippen LogP contribution in [0, 0.1) is 0 Å². The van der Waals surface area contributed by atoms with Crippen LogP contribution in [0.5, 0.6) is 17.2 Å². The van der Waals surface area contributed by atoms with E-state index >= 15 is 0 Å². The average Bonchev–Trinajstić information content (AvgIpc) is 2.97. The third-order valence-corrected chi connectivity index (χ3v) is 7.36. The zero-order chi connectivity index (χ0) is 26.3. The normalized spacial score (nSPS) is 11.4. The lowest BCUT2D eigenvalue weighted by Crippen LogP contribution is -2.09. The van der Waals surface area contributed by atoms with Gasteiger partial charge in [-0.05, 0) is 93.2 Å². The number of hydrogen-bond donors (Lipinski definition) is 0. The predicted octanol–water partition coefficient (Wildman–Crippen LogP) is 8.31. The van der Waals surface area contributed by atoms with Gasteiger partial charge in [0, 0.05) is 24.2 Å². The molecule has 1 aromatic heterocycles. The van der Waals surface area contributed by atoms with Crippen LogP contribution < -0.4 is 14.9 Å². The average molecular weight is 508 g/mol. The minimum Gasteiger partial charge on any atom is -0.497 e. The van der Waals surface area contributed by atoms with Crippen LogP contribution in [0.3, 0.4) is 0 Å². The summed E-state index contributed by atoms with van der Waals surface area (Å²) in [7, 11) is 1.67. The number of aromatic nitrogens is 1. The number of hydrogen-bond acceptors (Lipinski definition) is 3. The van der Waals surface area contributed by atoms with E-state index in [1.165, 1.54) is 0 Å². The Hall–Kier alpha value is -5.09. The Kier molecular flexibility index (Phi) is 5.52. The Balaban J connectivity index is 1.37. The van der Waals surface area contributed by atoms with E-state index in [9.17, 15) is 4.79 Å². The number of rotatable bonds is 5. The smallest absolute Gasteiger partial charge is 0.190 e. The summed E-state index contributed by atoms with van der Waals surface area (Å²) in [5, 5.41) is 7.08. The van der Waals surface area contributed by atoms with Crippen LogP contribution in [0.15, 0.2) is 126 Å². The lowest BCUT2D eigenvalue weighted by molar-refractivity contribution is 0.414. The predicted molar refractivity (Wildman–Crippen MR) is 159 cm³/mol. The molecule has 0 spiro atoms. The van der Waals surface area contributed by atoms with Crippen LogP contribution in [0.4, 0.5) is 0 Å². The minimum absolute atomic E-state index is 0.0280. The van der Waals surface area contributed by atoms with Crippen molar-refractivity contribution in [3.8, 4) is 17.2 Å². The van der Waals surface area contributed by atoms with Crippen LogP contribution >= 0.6 is 0 Å². The zero-order valence-corrected chi connectivity index (χ0v) is 21.4. The molecule has 0 aliphatic carbocycles. The molecule has 1 heterocycles. The van der Waals surface area contributed by atoms with Gasteiger partial charge in [0.15, 0.2) is 5.43 Å². The summed E-state index contributed by atoms with van der Waals surface area (Å²) in [6.45, 7) is 0.661. The van der Waals surface area contributed by atoms with Gasteiger partial charge in [0.05, 0.1) is 18.0 Å². The summed E-state index contributed by atoms with van der Waals surface area (Å²) in [4.78, 5) is 13.2. The maximum atomic E-state index is 13.2. The van der Waals surface area contributed by atoms with E-state index in [0.717, 1.165) is 66.0 Å². The monoisotopic (exact) mass is 507 g/mol. The fourth-order valence-electron chi connectivity index (χ4n) is 5.40. The van der Waals surface area contributed by atoms with Gasteiger partial charge in [-0.1, -0.05) is 48.5 Å². The van der Waals surface area contributed by atoms with Crippen molar-refractivity contribution in [2.24, 2.45) is 0 Å². The molecule has 7 aromatic rings. The zero-order valence-electron chi connectivity index (χ0n) is 21.4. The second-order valence-corrected chi connectivity index (χ2v) is 9.78. The van der Waals surface area contributed by atoms with Gasteiger partial charge in [-0.3, -0.25) is 4.79 Å². The van der Waals surface area contributed by atoms with Crippen LogP contribution in [-0.2, 0) is 6.54 Å². The molecule has 4 heteroatoms. The van der Waals surface area contributed by atoms with Crippen molar-refractivity contribution in [2.75, 3.05) is 7.11 Å². The molecule has 0 saturated carbocycles. The molecular weight excluding hydrogens is 482 g/mol. The summed E-state index contributed by atoms with van der Waals surface area (Å²) >= 11 is 0. The van der Waals surface area contributed by atoms with Crippen molar-refractivity contribution >= 4 is 43.2 Å². The molecule has 0 aliphatic rings. The summed E-state index contributed by atoms with van der Waals surface area (Å²) < 4.78 is 13.7. The number of pyridine rings is 1. The lowest BCUT2D eigenvalue weighted by atomic mass is 9.97. The maximum absolute atomic E-state index is 13.2. The van der Waals surface area contributed by atoms with Crippen molar-refractivity contribution < 1.29 is 9.47 Å². The first-order valence-corrected chi connectivity index (χ1v) is 12.9. The highest BCUT2D eigenvalue weighted by Gasteiger charge is 2.11. The van der Waals surface area contributed by atoms with Crippen molar-refractivity contribution in [1.82, 2.24) is 4.57 Å². The van der Waals surface area contributed by atoms with E-state index in [1.54, 1.807) is 13.2 Å². The molecule has 4 nitrogen and oxygen atoms in total. The topological polar surface area (TPSA) is 40.5 Å². The van der Waals surface area contributed by atoms with Gasteiger partial charge < -0.3 is 14.0 Å². The van der Waals surface area contributed by atoms with Gasteiger partial charge in [-0.2, -0.15) is 0 Å². The molecule has 0 amide bonds. The van der Waals surface area contributed by atoms with Crippen LogP contribution in [0.2, 0.25) is 0 Å². The Morgan fingerprint density at radius 3 is 2.15 bits per heavy atom. The van der Waals surface area contributed by atoms with Gasteiger partial charge in [-0.15, -0.1) is 0 Å². The van der Waals surface area contributed by atoms with Gasteiger partial charge in [0.1, 0.15) is 17.2 Å². The van der Waals surface area contributed by atoms with Crippen molar-refractivity contribution in [3.63, 3.8) is 0 Å². The molecule has 0 aliphatic heterocycles. The summed E-state index contributed by atoms with van der Waals surface area (Å²) in [5.41, 5.74) is 2.09. The molecule has 0 saturated heterocycles. The standard InChI is InChI=1S/C35H25NO3/c1-38-28-13-10-23(11-14-28)22-36-17-16-33(37)35-31-21-27-18-24-6-5-9-34(39-29-7-3-2-4-8-29)30(24)20-26(27)19-25(31)12-15-32(35)36/h2-21H,22H2,1H3. The van der Waals surface area contributed by atoms with Gasteiger partial charge >= 0.3 is 0 Å². The van der Waals surface area contributed by atoms with Gasteiger partial charge in [-0.25, -0.2) is 0 Å². The number of benzene rings is 6. The van der Waals surface area contributed by atoms with Crippen LogP contribution in [0.25, 0.3) is 43.2 Å². The highest BCUT2D eigenvalue weighted by molar-refractivity contribution is 6.13. The fourth-order valence-corrected chi connectivity index (χ4v) is 5.40. The molecule has 39 heavy (non-hydrogen) atoms. The van der Waals surface area contributed by atoms with E-state index in [1.807, 2.05) is 60.8 Å². The third kappa shape index (κ3) is 4.16. The Morgan fingerprint density at radius 1 is 0.641 bits per heavy atom. The summed E-state index contributed by atoms with van der Waals surface area (Å²) in [6, 6.07) is 38.5. The van der Waals surface area contributed by atoms with Crippen LogP contribution in [0.1, 0.15) is 5.56 Å². The maximum Gasteiger partial charge on any atom is 0.190 e. The lowest BCUT2D eigenvalue weighted by Gasteiger charge is -2.14. The number of ether oxygens (including phenoxy) is 2. The molecule has 7 rings (SSSR count). The molecule has 0 radical (unpaired) electrons. The van der Waals surface area contributed by atoms with E-state index in [0.29, 0.717) is 6.54 Å². The first-order chi connectivity index (χ1) is 19.2. The Morgan fingerprint density at radius 2 is 1.38 bits per heavy atom. The second kappa shape index (κ2) is 9.34. The molecule has 188 valence electrons. The van der Waals surface area contributed by atoms with Crippen molar-refractivity contribution in [1.29, 1.82) is 0 Å². The molecule has 0 N–H and O–H groups in total. The van der Waals surface area contributed by atoms with Gasteiger partial charge in [0.2, 0.25) is 0 Å². The minimum atomic E-state index is 0.0280. The Bertz CT molecular complexity index is 2060. The summed E-state index contributed by atoms with van der Waals surface area (Å²) in [6.07, 6.45) is 1.88. The van der Waals surface area contributed by atoms with Crippen molar-refractivity contribution in [3.05, 3.63) is 137 Å².